The summed E-state index contributed by atoms with van der Waals surface area (Å²) in [6.45, 7) is 4.26. The van der Waals surface area contributed by atoms with Crippen LogP contribution < -0.4 is 11.0 Å². The van der Waals surface area contributed by atoms with Crippen LogP contribution in [0.3, 0.4) is 0 Å². The SMILES string of the molecule is Cc1nn(C)c(C)c1NC(=O)CSc1n[nH]c(=O)n1CCc1ccccc1. The Hall–Kier alpha value is -2.81. The van der Waals surface area contributed by atoms with E-state index in [4.69, 9.17) is 0 Å². The van der Waals surface area contributed by atoms with E-state index >= 15 is 0 Å². The molecule has 1 amide bonds. The molecule has 0 aliphatic carbocycles. The number of hydrogen-bond acceptors (Lipinski definition) is 5. The van der Waals surface area contributed by atoms with Gasteiger partial charge in [0.05, 0.1) is 22.8 Å². The van der Waals surface area contributed by atoms with Crippen LogP contribution in [-0.2, 0) is 24.8 Å². The lowest BCUT2D eigenvalue weighted by molar-refractivity contribution is -0.113. The van der Waals surface area contributed by atoms with Gasteiger partial charge >= 0.3 is 5.69 Å². The largest absolute Gasteiger partial charge is 0.343 e. The van der Waals surface area contributed by atoms with Crippen molar-refractivity contribution >= 4 is 23.4 Å². The first-order chi connectivity index (χ1) is 13.0. The molecular weight excluding hydrogens is 364 g/mol. The molecule has 0 bridgehead atoms. The standard InChI is InChI=1S/C18H22N6O2S/c1-12-16(13(2)23(3)22-12)19-15(25)11-27-18-21-20-17(26)24(18)10-9-14-7-5-4-6-8-14/h4-8H,9-11H2,1-3H3,(H,19,25)(H,20,26). The highest BCUT2D eigenvalue weighted by Gasteiger charge is 2.15. The Kier molecular flexibility index (Phi) is 5.80. The molecule has 0 saturated carbocycles. The van der Waals surface area contributed by atoms with Gasteiger partial charge in [0, 0.05) is 13.6 Å². The average molecular weight is 386 g/mol. The summed E-state index contributed by atoms with van der Waals surface area (Å²) < 4.78 is 3.29. The van der Waals surface area contributed by atoms with Crippen molar-refractivity contribution in [2.45, 2.75) is 32.0 Å². The number of benzene rings is 1. The van der Waals surface area contributed by atoms with Crippen LogP contribution in [0.1, 0.15) is 17.0 Å². The molecule has 3 aromatic rings. The molecule has 142 valence electrons. The number of carbonyl (C=O) groups is 1. The Morgan fingerprint density at radius 1 is 1.26 bits per heavy atom. The van der Waals surface area contributed by atoms with Crippen molar-refractivity contribution in [3.8, 4) is 0 Å². The predicted octanol–water partition coefficient (Wildman–Crippen LogP) is 1.90. The highest BCUT2D eigenvalue weighted by Crippen LogP contribution is 2.20. The number of hydrogen-bond donors (Lipinski definition) is 2. The second-order valence-electron chi connectivity index (χ2n) is 6.20. The summed E-state index contributed by atoms with van der Waals surface area (Å²) in [5, 5.41) is 14.2. The van der Waals surface area contributed by atoms with Gasteiger partial charge in [-0.05, 0) is 25.8 Å². The molecule has 0 fully saturated rings. The van der Waals surface area contributed by atoms with Gasteiger partial charge in [-0.25, -0.2) is 9.89 Å². The van der Waals surface area contributed by atoms with Crippen molar-refractivity contribution in [2.24, 2.45) is 7.05 Å². The van der Waals surface area contributed by atoms with Gasteiger partial charge in [0.15, 0.2) is 5.16 Å². The van der Waals surface area contributed by atoms with Gasteiger partial charge in [-0.15, -0.1) is 5.10 Å². The van der Waals surface area contributed by atoms with Gasteiger partial charge in [-0.2, -0.15) is 5.10 Å². The maximum absolute atomic E-state index is 12.3. The van der Waals surface area contributed by atoms with E-state index in [1.165, 1.54) is 11.8 Å². The zero-order valence-electron chi connectivity index (χ0n) is 15.5. The van der Waals surface area contributed by atoms with E-state index in [-0.39, 0.29) is 17.3 Å². The van der Waals surface area contributed by atoms with Gasteiger partial charge in [-0.3, -0.25) is 14.0 Å². The van der Waals surface area contributed by atoms with Gasteiger partial charge in [0.1, 0.15) is 0 Å². The fourth-order valence-electron chi connectivity index (χ4n) is 2.76. The van der Waals surface area contributed by atoms with E-state index in [0.29, 0.717) is 18.1 Å². The molecule has 9 heteroatoms. The molecule has 2 N–H and O–H groups in total. The summed E-state index contributed by atoms with van der Waals surface area (Å²) in [4.78, 5) is 24.3. The number of H-pyrrole nitrogens is 1. The normalized spacial score (nSPS) is 10.9. The number of nitrogens with zero attached hydrogens (tertiary/aromatic N) is 4. The molecule has 0 aliphatic rings. The third-order valence-electron chi connectivity index (χ3n) is 4.30. The maximum Gasteiger partial charge on any atom is 0.343 e. The number of amides is 1. The van der Waals surface area contributed by atoms with E-state index < -0.39 is 0 Å². The van der Waals surface area contributed by atoms with E-state index in [2.05, 4.69) is 20.6 Å². The van der Waals surface area contributed by atoms with E-state index in [1.54, 1.807) is 9.25 Å². The van der Waals surface area contributed by atoms with Crippen LogP contribution in [0.15, 0.2) is 40.3 Å². The topological polar surface area (TPSA) is 97.6 Å². The van der Waals surface area contributed by atoms with Crippen molar-refractivity contribution < 1.29 is 4.79 Å². The number of thioether (sulfide) groups is 1. The first-order valence-corrected chi connectivity index (χ1v) is 9.56. The molecular formula is C18H22N6O2S. The second kappa shape index (κ2) is 8.26. The maximum atomic E-state index is 12.3. The summed E-state index contributed by atoms with van der Waals surface area (Å²) in [5.74, 6) is -0.00657. The van der Waals surface area contributed by atoms with Crippen molar-refractivity contribution in [1.82, 2.24) is 24.5 Å². The molecule has 0 spiro atoms. The average Bonchev–Trinajstić information content (AvgIpc) is 3.13. The van der Waals surface area contributed by atoms with Crippen LogP contribution in [0.5, 0.6) is 0 Å². The van der Waals surface area contributed by atoms with E-state index in [1.807, 2.05) is 51.2 Å². The van der Waals surface area contributed by atoms with Crippen LogP contribution >= 0.6 is 11.8 Å². The zero-order valence-corrected chi connectivity index (χ0v) is 16.3. The van der Waals surface area contributed by atoms with Crippen LogP contribution in [0, 0.1) is 13.8 Å². The minimum Gasteiger partial charge on any atom is -0.322 e. The fraction of sp³-hybridized carbons (Fsp3) is 0.333. The minimum atomic E-state index is -0.271. The molecule has 3 rings (SSSR count). The Morgan fingerprint density at radius 2 is 2.00 bits per heavy atom. The molecule has 2 aromatic heterocycles. The van der Waals surface area contributed by atoms with Crippen molar-refractivity contribution in [2.75, 3.05) is 11.1 Å². The van der Waals surface area contributed by atoms with Gasteiger partial charge in [0.2, 0.25) is 5.91 Å². The minimum absolute atomic E-state index is 0.156. The third kappa shape index (κ3) is 4.48. The van der Waals surface area contributed by atoms with Crippen LogP contribution in [0.25, 0.3) is 0 Å². The number of aryl methyl sites for hydroxylation is 3. The lowest BCUT2D eigenvalue weighted by Gasteiger charge is -2.07. The zero-order chi connectivity index (χ0) is 19.4. The highest BCUT2D eigenvalue weighted by molar-refractivity contribution is 7.99. The van der Waals surface area contributed by atoms with E-state index in [0.717, 1.165) is 22.6 Å². The summed E-state index contributed by atoms with van der Waals surface area (Å²) in [6, 6.07) is 9.93. The Morgan fingerprint density at radius 3 is 2.67 bits per heavy atom. The Bertz CT molecular complexity index is 989. The van der Waals surface area contributed by atoms with E-state index in [9.17, 15) is 9.59 Å². The monoisotopic (exact) mass is 386 g/mol. The van der Waals surface area contributed by atoms with Gasteiger partial charge in [0.25, 0.3) is 0 Å². The molecule has 8 nitrogen and oxygen atoms in total. The Labute approximate surface area is 161 Å². The lowest BCUT2D eigenvalue weighted by atomic mass is 10.1. The number of anilines is 1. The number of rotatable bonds is 7. The Balaban J connectivity index is 1.61. The quantitative estimate of drug-likeness (QED) is 0.605. The highest BCUT2D eigenvalue weighted by atomic mass is 32.2. The molecule has 27 heavy (non-hydrogen) atoms. The number of aromatic amines is 1. The summed E-state index contributed by atoms with van der Waals surface area (Å²) in [7, 11) is 1.84. The summed E-state index contributed by atoms with van der Waals surface area (Å²) in [5.41, 5.74) is 3.26. The van der Waals surface area contributed by atoms with Crippen molar-refractivity contribution in [3.63, 3.8) is 0 Å². The molecule has 0 radical (unpaired) electrons. The first-order valence-electron chi connectivity index (χ1n) is 8.57. The molecule has 0 aliphatic heterocycles. The van der Waals surface area contributed by atoms with Gasteiger partial charge < -0.3 is 5.32 Å². The predicted molar refractivity (Wildman–Crippen MR) is 105 cm³/mol. The van der Waals surface area contributed by atoms with Crippen molar-refractivity contribution in [3.05, 3.63) is 57.8 Å². The number of aromatic nitrogens is 5. The van der Waals surface area contributed by atoms with Crippen LogP contribution in [-0.4, -0.2) is 36.2 Å². The van der Waals surface area contributed by atoms with Crippen LogP contribution in [0.2, 0.25) is 0 Å². The van der Waals surface area contributed by atoms with Crippen LogP contribution in [0.4, 0.5) is 5.69 Å². The third-order valence-corrected chi connectivity index (χ3v) is 5.27. The summed E-state index contributed by atoms with van der Waals surface area (Å²) >= 11 is 1.23. The molecule has 0 saturated heterocycles. The molecule has 1 aromatic carbocycles. The second-order valence-corrected chi connectivity index (χ2v) is 7.15. The first kappa shape index (κ1) is 19.0. The van der Waals surface area contributed by atoms with Gasteiger partial charge in [-0.1, -0.05) is 42.1 Å². The number of nitrogens with one attached hydrogen (secondary N) is 2. The number of carbonyl (C=O) groups excluding carboxylic acids is 1. The van der Waals surface area contributed by atoms with Crippen molar-refractivity contribution in [1.29, 1.82) is 0 Å². The molecule has 2 heterocycles. The summed E-state index contributed by atoms with van der Waals surface area (Å²) in [6.07, 6.45) is 0.716. The smallest absolute Gasteiger partial charge is 0.322 e. The molecule has 0 atom stereocenters. The lowest BCUT2D eigenvalue weighted by Crippen LogP contribution is -2.20. The molecule has 0 unspecified atom stereocenters. The fourth-order valence-corrected chi connectivity index (χ4v) is 3.53.